The molecule has 16 heavy (non-hydrogen) atoms. The Bertz CT molecular complexity index is 169. The van der Waals surface area contributed by atoms with Gasteiger partial charge in [0.05, 0.1) is 0 Å². The Morgan fingerprint density at radius 2 is 2.00 bits per heavy atom. The lowest BCUT2D eigenvalue weighted by molar-refractivity contribution is 0.161. The minimum absolute atomic E-state index is 0.786. The van der Waals surface area contributed by atoms with Crippen molar-refractivity contribution >= 4 is 0 Å². The molecular weight excluding hydrogens is 198 g/mol. The molecule has 1 unspecified atom stereocenters. The molecule has 0 bridgehead atoms. The Morgan fingerprint density at radius 3 is 2.62 bits per heavy atom. The molecular formula is C13H29N3. The number of hydrazine groups is 1. The second-order valence-corrected chi connectivity index (χ2v) is 4.69. The average molecular weight is 227 g/mol. The standard InChI is InChI=1S/C13H29N3/c1-4-13-9-7-12-16(13)14-10-8-11-15(5-2)6-3/h13-14H,4-12H2,1-3H3. The fraction of sp³-hybridized carbons (Fsp3) is 1.00. The Labute approximate surface area is 101 Å². The van der Waals surface area contributed by atoms with Gasteiger partial charge in [-0.3, -0.25) is 5.43 Å². The number of nitrogens with zero attached hydrogens (tertiary/aromatic N) is 2. The van der Waals surface area contributed by atoms with Gasteiger partial charge in [-0.2, -0.15) is 0 Å². The lowest BCUT2D eigenvalue weighted by Crippen LogP contribution is -2.42. The molecule has 3 nitrogen and oxygen atoms in total. The number of rotatable bonds is 8. The number of hydrogen-bond acceptors (Lipinski definition) is 3. The molecule has 1 N–H and O–H groups in total. The highest BCUT2D eigenvalue weighted by Crippen LogP contribution is 2.16. The Kier molecular flexibility index (Phi) is 7.01. The Balaban J connectivity index is 2.06. The van der Waals surface area contributed by atoms with Gasteiger partial charge in [-0.1, -0.05) is 20.8 Å². The fourth-order valence-corrected chi connectivity index (χ4v) is 2.53. The zero-order valence-electron chi connectivity index (χ0n) is 11.3. The third-order valence-corrected chi connectivity index (χ3v) is 3.71. The summed E-state index contributed by atoms with van der Waals surface area (Å²) >= 11 is 0. The van der Waals surface area contributed by atoms with Crippen molar-refractivity contribution < 1.29 is 0 Å². The summed E-state index contributed by atoms with van der Waals surface area (Å²) in [5.41, 5.74) is 3.59. The molecule has 96 valence electrons. The smallest absolute Gasteiger partial charge is 0.0241 e. The molecule has 0 spiro atoms. The SMILES string of the molecule is CCC1CCCN1NCCCN(CC)CC. The van der Waals surface area contributed by atoms with Gasteiger partial charge in [0.25, 0.3) is 0 Å². The van der Waals surface area contributed by atoms with Crippen molar-refractivity contribution in [1.82, 2.24) is 15.3 Å². The van der Waals surface area contributed by atoms with E-state index in [2.05, 4.69) is 36.1 Å². The fourth-order valence-electron chi connectivity index (χ4n) is 2.53. The minimum Gasteiger partial charge on any atom is -0.304 e. The molecule has 0 amide bonds. The van der Waals surface area contributed by atoms with Gasteiger partial charge in [0.1, 0.15) is 0 Å². The van der Waals surface area contributed by atoms with Crippen molar-refractivity contribution in [2.45, 2.75) is 52.5 Å². The van der Waals surface area contributed by atoms with E-state index in [4.69, 9.17) is 0 Å². The quantitative estimate of drug-likeness (QED) is 0.641. The van der Waals surface area contributed by atoms with Crippen molar-refractivity contribution in [3.63, 3.8) is 0 Å². The molecule has 0 saturated carbocycles. The highest BCUT2D eigenvalue weighted by Gasteiger charge is 2.21. The first kappa shape index (κ1) is 13.9. The van der Waals surface area contributed by atoms with E-state index in [1.807, 2.05) is 0 Å². The molecule has 0 aromatic carbocycles. The molecule has 0 aromatic heterocycles. The molecule has 3 heteroatoms. The summed E-state index contributed by atoms with van der Waals surface area (Å²) in [5, 5.41) is 2.46. The molecule has 1 aliphatic heterocycles. The van der Waals surface area contributed by atoms with Gasteiger partial charge >= 0.3 is 0 Å². The first-order valence-corrected chi connectivity index (χ1v) is 7.04. The van der Waals surface area contributed by atoms with Crippen molar-refractivity contribution in [1.29, 1.82) is 0 Å². The van der Waals surface area contributed by atoms with Crippen LogP contribution in [0, 0.1) is 0 Å². The van der Waals surface area contributed by atoms with Crippen LogP contribution in [0.4, 0.5) is 0 Å². The largest absolute Gasteiger partial charge is 0.304 e. The number of hydrogen-bond donors (Lipinski definition) is 1. The molecule has 1 heterocycles. The zero-order chi connectivity index (χ0) is 11.8. The molecule has 0 radical (unpaired) electrons. The van der Waals surface area contributed by atoms with Gasteiger partial charge in [0, 0.05) is 19.1 Å². The molecule has 1 rings (SSSR count). The second-order valence-electron chi connectivity index (χ2n) is 4.69. The van der Waals surface area contributed by atoms with Crippen molar-refractivity contribution in [2.75, 3.05) is 32.7 Å². The first-order valence-electron chi connectivity index (χ1n) is 7.04. The van der Waals surface area contributed by atoms with Crippen LogP contribution in [0.3, 0.4) is 0 Å². The predicted molar refractivity (Wildman–Crippen MR) is 70.4 cm³/mol. The lowest BCUT2D eigenvalue weighted by Gasteiger charge is -2.25. The normalized spacial score (nSPS) is 22.1. The summed E-state index contributed by atoms with van der Waals surface area (Å²) < 4.78 is 0. The molecule has 1 aliphatic rings. The van der Waals surface area contributed by atoms with Gasteiger partial charge in [0.2, 0.25) is 0 Å². The van der Waals surface area contributed by atoms with Crippen LogP contribution in [0.5, 0.6) is 0 Å². The monoisotopic (exact) mass is 227 g/mol. The van der Waals surface area contributed by atoms with E-state index in [9.17, 15) is 0 Å². The van der Waals surface area contributed by atoms with Crippen molar-refractivity contribution in [2.24, 2.45) is 0 Å². The maximum atomic E-state index is 3.59. The minimum atomic E-state index is 0.786. The van der Waals surface area contributed by atoms with Crippen LogP contribution in [0.15, 0.2) is 0 Å². The maximum Gasteiger partial charge on any atom is 0.0241 e. The van der Waals surface area contributed by atoms with E-state index in [1.165, 1.54) is 51.9 Å². The molecule has 1 atom stereocenters. The summed E-state index contributed by atoms with van der Waals surface area (Å²) in [6, 6.07) is 0.786. The van der Waals surface area contributed by atoms with E-state index >= 15 is 0 Å². The van der Waals surface area contributed by atoms with Crippen LogP contribution in [0.2, 0.25) is 0 Å². The molecule has 0 aliphatic carbocycles. The third kappa shape index (κ3) is 4.40. The van der Waals surface area contributed by atoms with Gasteiger partial charge in [-0.15, -0.1) is 0 Å². The van der Waals surface area contributed by atoms with Crippen molar-refractivity contribution in [3.05, 3.63) is 0 Å². The van der Waals surface area contributed by atoms with Gasteiger partial charge in [-0.05, 0) is 45.3 Å². The van der Waals surface area contributed by atoms with Crippen molar-refractivity contribution in [3.8, 4) is 0 Å². The molecule has 1 saturated heterocycles. The predicted octanol–water partition coefficient (Wildman–Crippen LogP) is 2.10. The highest BCUT2D eigenvalue weighted by molar-refractivity contribution is 4.74. The average Bonchev–Trinajstić information content (AvgIpc) is 2.77. The van der Waals surface area contributed by atoms with Crippen LogP contribution in [0.25, 0.3) is 0 Å². The summed E-state index contributed by atoms with van der Waals surface area (Å²) in [5.74, 6) is 0. The summed E-state index contributed by atoms with van der Waals surface area (Å²) in [6.45, 7) is 12.7. The maximum absolute atomic E-state index is 3.59. The van der Waals surface area contributed by atoms with Crippen LogP contribution in [-0.2, 0) is 0 Å². The van der Waals surface area contributed by atoms with E-state index in [1.54, 1.807) is 0 Å². The third-order valence-electron chi connectivity index (χ3n) is 3.71. The summed E-state index contributed by atoms with van der Waals surface area (Å²) in [6.07, 6.45) is 5.28. The number of nitrogens with one attached hydrogen (secondary N) is 1. The first-order chi connectivity index (χ1) is 7.81. The summed E-state index contributed by atoms with van der Waals surface area (Å²) in [4.78, 5) is 2.49. The molecule has 0 aromatic rings. The zero-order valence-corrected chi connectivity index (χ0v) is 11.3. The summed E-state index contributed by atoms with van der Waals surface area (Å²) in [7, 11) is 0. The van der Waals surface area contributed by atoms with E-state index in [0.29, 0.717) is 0 Å². The Morgan fingerprint density at radius 1 is 1.25 bits per heavy atom. The van der Waals surface area contributed by atoms with E-state index < -0.39 is 0 Å². The van der Waals surface area contributed by atoms with Crippen LogP contribution in [-0.4, -0.2) is 48.7 Å². The lowest BCUT2D eigenvalue weighted by atomic mass is 10.2. The van der Waals surface area contributed by atoms with Crippen LogP contribution < -0.4 is 5.43 Å². The Hall–Kier alpha value is -0.120. The molecule has 1 fully saturated rings. The highest BCUT2D eigenvalue weighted by atomic mass is 15.5. The van der Waals surface area contributed by atoms with Crippen LogP contribution >= 0.6 is 0 Å². The van der Waals surface area contributed by atoms with E-state index in [-0.39, 0.29) is 0 Å². The second kappa shape index (κ2) is 8.04. The van der Waals surface area contributed by atoms with Gasteiger partial charge in [-0.25, -0.2) is 5.01 Å². The van der Waals surface area contributed by atoms with E-state index in [0.717, 1.165) is 12.6 Å². The topological polar surface area (TPSA) is 18.5 Å². The van der Waals surface area contributed by atoms with Crippen LogP contribution in [0.1, 0.15) is 46.5 Å². The van der Waals surface area contributed by atoms with Gasteiger partial charge < -0.3 is 4.90 Å². The van der Waals surface area contributed by atoms with Gasteiger partial charge in [0.15, 0.2) is 0 Å².